The van der Waals surface area contributed by atoms with Gasteiger partial charge in [-0.1, -0.05) is 0 Å². The third-order valence-corrected chi connectivity index (χ3v) is 3.53. The summed E-state index contributed by atoms with van der Waals surface area (Å²) in [6.07, 6.45) is 1.78. The summed E-state index contributed by atoms with van der Waals surface area (Å²) in [5.41, 5.74) is 0. The van der Waals surface area contributed by atoms with Crippen molar-refractivity contribution in [1.82, 2.24) is 10.2 Å². The Balaban J connectivity index is 2.10. The van der Waals surface area contributed by atoms with Crippen molar-refractivity contribution in [2.45, 2.75) is 18.9 Å². The molecule has 0 aromatic carbocycles. The Labute approximate surface area is 104 Å². The van der Waals surface area contributed by atoms with Crippen LogP contribution in [0.4, 0.5) is 0 Å². The molecule has 17 heavy (non-hydrogen) atoms. The minimum atomic E-state index is -1.05. The van der Waals surface area contributed by atoms with E-state index in [-0.39, 0.29) is 5.91 Å². The monoisotopic (exact) mass is 260 g/mol. The molecule has 0 saturated carbocycles. The lowest BCUT2D eigenvalue weighted by atomic mass is 10.2. The second kappa shape index (κ2) is 7.16. The SMILES string of the molecule is O=CNC(CCSCC(=O)N1CCC1)C(=O)O. The van der Waals surface area contributed by atoms with Crippen LogP contribution >= 0.6 is 11.8 Å². The summed E-state index contributed by atoms with van der Waals surface area (Å²) in [4.78, 5) is 34.1. The molecular formula is C10H16N2O4S. The van der Waals surface area contributed by atoms with Crippen molar-refractivity contribution in [1.29, 1.82) is 0 Å². The highest BCUT2D eigenvalue weighted by Gasteiger charge is 2.20. The standard InChI is InChI=1S/C10H16N2O4S/c13-7-11-8(10(15)16)2-5-17-6-9(14)12-3-1-4-12/h7-8H,1-6H2,(H,11,13)(H,15,16). The predicted octanol–water partition coefficient (Wildman–Crippen LogP) is -0.459. The number of hydrogen-bond donors (Lipinski definition) is 2. The van der Waals surface area contributed by atoms with E-state index in [1.807, 2.05) is 0 Å². The van der Waals surface area contributed by atoms with E-state index in [2.05, 4.69) is 5.32 Å². The summed E-state index contributed by atoms with van der Waals surface area (Å²) in [6, 6.07) is -0.862. The zero-order valence-corrected chi connectivity index (χ0v) is 10.2. The number of likely N-dealkylation sites (tertiary alicyclic amines) is 1. The van der Waals surface area contributed by atoms with Crippen molar-refractivity contribution in [2.75, 3.05) is 24.6 Å². The number of nitrogens with one attached hydrogen (secondary N) is 1. The maximum atomic E-state index is 11.4. The zero-order valence-electron chi connectivity index (χ0n) is 9.42. The third-order valence-electron chi connectivity index (χ3n) is 2.55. The predicted molar refractivity (Wildman–Crippen MR) is 63.8 cm³/mol. The Bertz CT molecular complexity index is 294. The van der Waals surface area contributed by atoms with E-state index in [1.165, 1.54) is 11.8 Å². The lowest BCUT2D eigenvalue weighted by Crippen LogP contribution is -2.43. The van der Waals surface area contributed by atoms with Crippen LogP contribution < -0.4 is 5.32 Å². The van der Waals surface area contributed by atoms with Crippen LogP contribution in [0, 0.1) is 0 Å². The maximum absolute atomic E-state index is 11.4. The Kier molecular flexibility index (Phi) is 5.82. The zero-order chi connectivity index (χ0) is 12.7. The summed E-state index contributed by atoms with van der Waals surface area (Å²) in [5.74, 6) is -0.0200. The van der Waals surface area contributed by atoms with E-state index < -0.39 is 12.0 Å². The van der Waals surface area contributed by atoms with Crippen molar-refractivity contribution in [2.24, 2.45) is 0 Å². The molecule has 1 saturated heterocycles. The van der Waals surface area contributed by atoms with Crippen LogP contribution in [0.2, 0.25) is 0 Å². The smallest absolute Gasteiger partial charge is 0.326 e. The fraction of sp³-hybridized carbons (Fsp3) is 0.700. The highest BCUT2D eigenvalue weighted by Crippen LogP contribution is 2.11. The Hall–Kier alpha value is -1.24. The van der Waals surface area contributed by atoms with Gasteiger partial charge in [-0.3, -0.25) is 9.59 Å². The fourth-order valence-corrected chi connectivity index (χ4v) is 2.28. The summed E-state index contributed by atoms with van der Waals surface area (Å²) >= 11 is 1.40. The molecule has 1 unspecified atom stereocenters. The van der Waals surface area contributed by atoms with Crippen LogP contribution in [0.25, 0.3) is 0 Å². The van der Waals surface area contributed by atoms with Crippen LogP contribution in [0.3, 0.4) is 0 Å². The highest BCUT2D eigenvalue weighted by atomic mass is 32.2. The first-order valence-corrected chi connectivity index (χ1v) is 6.58. The van der Waals surface area contributed by atoms with Gasteiger partial charge in [0, 0.05) is 13.1 Å². The van der Waals surface area contributed by atoms with Gasteiger partial charge in [-0.25, -0.2) is 4.79 Å². The van der Waals surface area contributed by atoms with E-state index in [4.69, 9.17) is 5.11 Å². The molecule has 0 aromatic heterocycles. The lowest BCUT2D eigenvalue weighted by Gasteiger charge is -2.30. The normalized spacial score (nSPS) is 15.9. The van der Waals surface area contributed by atoms with Gasteiger partial charge in [0.1, 0.15) is 6.04 Å². The van der Waals surface area contributed by atoms with Gasteiger partial charge < -0.3 is 15.3 Å². The van der Waals surface area contributed by atoms with Gasteiger partial charge in [0.2, 0.25) is 12.3 Å². The fourth-order valence-electron chi connectivity index (χ4n) is 1.38. The first-order chi connectivity index (χ1) is 8.15. The minimum absolute atomic E-state index is 0.108. The average molecular weight is 260 g/mol. The number of carbonyl (C=O) groups is 3. The van der Waals surface area contributed by atoms with Crippen LogP contribution in [0.5, 0.6) is 0 Å². The van der Waals surface area contributed by atoms with Crippen molar-refractivity contribution < 1.29 is 19.5 Å². The first kappa shape index (κ1) is 13.8. The molecule has 0 radical (unpaired) electrons. The van der Waals surface area contributed by atoms with E-state index in [0.29, 0.717) is 24.3 Å². The molecule has 0 bridgehead atoms. The average Bonchev–Trinajstić information content (AvgIpc) is 2.19. The largest absolute Gasteiger partial charge is 0.480 e. The van der Waals surface area contributed by atoms with Gasteiger partial charge in [0.25, 0.3) is 0 Å². The van der Waals surface area contributed by atoms with Gasteiger partial charge in [-0.15, -0.1) is 0 Å². The molecule has 1 heterocycles. The number of aliphatic carboxylic acids is 1. The number of amides is 2. The van der Waals surface area contributed by atoms with Gasteiger partial charge in [-0.2, -0.15) is 11.8 Å². The van der Waals surface area contributed by atoms with Crippen molar-refractivity contribution in [3.63, 3.8) is 0 Å². The Morgan fingerprint density at radius 2 is 2.18 bits per heavy atom. The van der Waals surface area contributed by atoms with Gasteiger partial charge in [0.15, 0.2) is 0 Å². The van der Waals surface area contributed by atoms with Crippen molar-refractivity contribution in [3.8, 4) is 0 Å². The van der Waals surface area contributed by atoms with Gasteiger partial charge >= 0.3 is 5.97 Å². The number of carboxylic acids is 1. The van der Waals surface area contributed by atoms with E-state index in [0.717, 1.165) is 19.5 Å². The first-order valence-electron chi connectivity index (χ1n) is 5.43. The number of rotatable bonds is 8. The maximum Gasteiger partial charge on any atom is 0.326 e. The van der Waals surface area contributed by atoms with Gasteiger partial charge in [0.05, 0.1) is 5.75 Å². The molecule has 0 spiro atoms. The molecular weight excluding hydrogens is 244 g/mol. The molecule has 1 atom stereocenters. The van der Waals surface area contributed by atoms with Crippen LogP contribution in [0.1, 0.15) is 12.8 Å². The van der Waals surface area contributed by atoms with E-state index >= 15 is 0 Å². The molecule has 7 heteroatoms. The van der Waals surface area contributed by atoms with Crippen LogP contribution in [-0.4, -0.2) is 58.9 Å². The summed E-state index contributed by atoms with van der Waals surface area (Å²) in [6.45, 7) is 1.67. The second-order valence-corrected chi connectivity index (χ2v) is 4.86. The number of nitrogens with zero attached hydrogens (tertiary/aromatic N) is 1. The molecule has 1 aliphatic heterocycles. The molecule has 0 aromatic rings. The molecule has 96 valence electrons. The third kappa shape index (κ3) is 4.64. The molecule has 2 amide bonds. The number of carbonyl (C=O) groups excluding carboxylic acids is 2. The molecule has 2 N–H and O–H groups in total. The molecule has 6 nitrogen and oxygen atoms in total. The summed E-state index contributed by atoms with van der Waals surface area (Å²) < 4.78 is 0. The highest BCUT2D eigenvalue weighted by molar-refractivity contribution is 7.99. The van der Waals surface area contributed by atoms with E-state index in [1.54, 1.807) is 4.90 Å². The number of carboxylic acid groups (broad SMARTS) is 1. The van der Waals surface area contributed by atoms with Gasteiger partial charge in [-0.05, 0) is 18.6 Å². The van der Waals surface area contributed by atoms with Crippen molar-refractivity contribution in [3.05, 3.63) is 0 Å². The molecule has 1 aliphatic rings. The summed E-state index contributed by atoms with van der Waals surface area (Å²) in [7, 11) is 0. The topological polar surface area (TPSA) is 86.7 Å². The Morgan fingerprint density at radius 1 is 1.47 bits per heavy atom. The molecule has 0 aliphatic carbocycles. The second-order valence-electron chi connectivity index (χ2n) is 3.75. The van der Waals surface area contributed by atoms with E-state index in [9.17, 15) is 14.4 Å². The van der Waals surface area contributed by atoms with Crippen molar-refractivity contribution >= 4 is 30.0 Å². The Morgan fingerprint density at radius 3 is 2.65 bits per heavy atom. The van der Waals surface area contributed by atoms with Crippen LogP contribution in [-0.2, 0) is 14.4 Å². The number of thioether (sulfide) groups is 1. The summed E-state index contributed by atoms with van der Waals surface area (Å²) in [5, 5.41) is 11.0. The molecule has 1 rings (SSSR count). The minimum Gasteiger partial charge on any atom is -0.480 e. The lowest BCUT2D eigenvalue weighted by molar-refractivity contribution is -0.140. The number of hydrogen-bond acceptors (Lipinski definition) is 4. The quantitative estimate of drug-likeness (QED) is 0.455. The molecule has 1 fully saturated rings. The van der Waals surface area contributed by atoms with Crippen LogP contribution in [0.15, 0.2) is 0 Å².